The van der Waals surface area contributed by atoms with Crippen LogP contribution in [0.3, 0.4) is 0 Å². The highest BCUT2D eigenvalue weighted by Crippen LogP contribution is 2.34. The Hall–Kier alpha value is -3.31. The molecule has 0 saturated heterocycles. The standard InChI is InChI=1S/C21H24N2O8S/c1-22(32(26,27)14-9-10-17(28-2)18(11-14)29-3)13-20(24)23-12-19(21(25)30-4)31-16-8-6-5-7-15(16)23/h5-11,19H,12-13H2,1-4H3/t19-/m1/s1. The number of anilines is 1. The van der Waals surface area contributed by atoms with Gasteiger partial charge >= 0.3 is 5.97 Å². The van der Waals surface area contributed by atoms with Gasteiger partial charge in [0.25, 0.3) is 0 Å². The van der Waals surface area contributed by atoms with E-state index < -0.39 is 34.5 Å². The van der Waals surface area contributed by atoms with E-state index >= 15 is 0 Å². The molecule has 11 heteroatoms. The lowest BCUT2D eigenvalue weighted by Gasteiger charge is -2.34. The van der Waals surface area contributed by atoms with E-state index in [1.54, 1.807) is 24.3 Å². The number of hydrogen-bond donors (Lipinski definition) is 0. The Morgan fingerprint density at radius 1 is 1.09 bits per heavy atom. The van der Waals surface area contributed by atoms with Crippen molar-refractivity contribution in [3.05, 3.63) is 42.5 Å². The number of nitrogens with zero attached hydrogens (tertiary/aromatic N) is 2. The van der Waals surface area contributed by atoms with Gasteiger partial charge < -0.3 is 23.8 Å². The van der Waals surface area contributed by atoms with Crippen LogP contribution in [0.5, 0.6) is 17.2 Å². The van der Waals surface area contributed by atoms with Crippen molar-refractivity contribution in [1.82, 2.24) is 4.31 Å². The Labute approximate surface area is 186 Å². The van der Waals surface area contributed by atoms with Crippen molar-refractivity contribution in [3.8, 4) is 17.2 Å². The molecule has 0 fully saturated rings. The molecule has 10 nitrogen and oxygen atoms in total. The van der Waals surface area contributed by atoms with Gasteiger partial charge in [-0.25, -0.2) is 13.2 Å². The molecule has 2 aromatic carbocycles. The van der Waals surface area contributed by atoms with Gasteiger partial charge in [0.15, 0.2) is 11.5 Å². The molecule has 1 atom stereocenters. The van der Waals surface area contributed by atoms with Crippen LogP contribution in [0.25, 0.3) is 0 Å². The molecule has 1 amide bonds. The van der Waals surface area contributed by atoms with Crippen LogP contribution in [0, 0.1) is 0 Å². The monoisotopic (exact) mass is 464 g/mol. The van der Waals surface area contributed by atoms with Crippen LogP contribution in [-0.2, 0) is 24.3 Å². The number of ether oxygens (including phenoxy) is 4. The minimum Gasteiger partial charge on any atom is -0.493 e. The largest absolute Gasteiger partial charge is 0.493 e. The molecule has 0 bridgehead atoms. The highest BCUT2D eigenvalue weighted by Gasteiger charge is 2.35. The minimum absolute atomic E-state index is 0.0553. The third-order valence-corrected chi connectivity index (χ3v) is 6.76. The number of hydrogen-bond acceptors (Lipinski definition) is 8. The number of rotatable bonds is 7. The predicted octanol–water partition coefficient (Wildman–Crippen LogP) is 1.29. The molecule has 0 aromatic heterocycles. The van der Waals surface area contributed by atoms with E-state index in [1.165, 1.54) is 51.5 Å². The maximum atomic E-state index is 13.1. The Kier molecular flexibility index (Phi) is 6.90. The molecule has 32 heavy (non-hydrogen) atoms. The Morgan fingerprint density at radius 3 is 2.44 bits per heavy atom. The number of carbonyl (C=O) groups is 2. The van der Waals surface area contributed by atoms with E-state index in [9.17, 15) is 18.0 Å². The van der Waals surface area contributed by atoms with Gasteiger partial charge in [0, 0.05) is 13.1 Å². The van der Waals surface area contributed by atoms with Crippen LogP contribution in [0.1, 0.15) is 0 Å². The average Bonchev–Trinajstić information content (AvgIpc) is 2.81. The molecule has 172 valence electrons. The zero-order chi connectivity index (χ0) is 23.5. The summed E-state index contributed by atoms with van der Waals surface area (Å²) in [6, 6.07) is 10.9. The lowest BCUT2D eigenvalue weighted by molar-refractivity contribution is -0.148. The molecule has 0 N–H and O–H groups in total. The van der Waals surface area contributed by atoms with Crippen molar-refractivity contribution < 1.29 is 37.0 Å². The first-order valence-electron chi connectivity index (χ1n) is 9.55. The summed E-state index contributed by atoms with van der Waals surface area (Å²) in [5.41, 5.74) is 0.439. The molecule has 3 rings (SSSR count). The number of methoxy groups -OCH3 is 3. The van der Waals surface area contributed by atoms with Crippen molar-refractivity contribution in [1.29, 1.82) is 0 Å². The molecule has 1 aliphatic rings. The van der Waals surface area contributed by atoms with Gasteiger partial charge in [0.05, 0.1) is 45.0 Å². The molecule has 0 radical (unpaired) electrons. The van der Waals surface area contributed by atoms with E-state index in [0.717, 1.165) is 4.31 Å². The summed E-state index contributed by atoms with van der Waals surface area (Å²) in [6.07, 6.45) is -1.02. The van der Waals surface area contributed by atoms with Gasteiger partial charge in [-0.2, -0.15) is 4.31 Å². The van der Waals surface area contributed by atoms with Crippen LogP contribution in [0.4, 0.5) is 5.69 Å². The summed E-state index contributed by atoms with van der Waals surface area (Å²) in [5.74, 6) is -0.210. The summed E-state index contributed by atoms with van der Waals surface area (Å²) in [4.78, 5) is 26.4. The molecule has 1 aliphatic heterocycles. The zero-order valence-electron chi connectivity index (χ0n) is 18.1. The number of sulfonamides is 1. The van der Waals surface area contributed by atoms with E-state index in [2.05, 4.69) is 0 Å². The predicted molar refractivity (Wildman–Crippen MR) is 115 cm³/mol. The van der Waals surface area contributed by atoms with E-state index in [-0.39, 0.29) is 17.2 Å². The smallest absolute Gasteiger partial charge is 0.348 e. The fourth-order valence-electron chi connectivity index (χ4n) is 3.24. The van der Waals surface area contributed by atoms with Gasteiger partial charge in [0.2, 0.25) is 22.0 Å². The van der Waals surface area contributed by atoms with Crippen molar-refractivity contribution in [3.63, 3.8) is 0 Å². The van der Waals surface area contributed by atoms with E-state index in [1.807, 2.05) is 0 Å². The third-order valence-electron chi connectivity index (χ3n) is 4.96. The quantitative estimate of drug-likeness (QED) is 0.564. The van der Waals surface area contributed by atoms with Crippen molar-refractivity contribution >= 4 is 27.6 Å². The number of para-hydroxylation sites is 2. The van der Waals surface area contributed by atoms with Crippen molar-refractivity contribution in [2.75, 3.05) is 46.4 Å². The zero-order valence-corrected chi connectivity index (χ0v) is 18.9. The summed E-state index contributed by atoms with van der Waals surface area (Å²) in [7, 11) is 1.35. The summed E-state index contributed by atoms with van der Waals surface area (Å²) in [6.45, 7) is -0.564. The Balaban J connectivity index is 1.85. The summed E-state index contributed by atoms with van der Waals surface area (Å²) >= 11 is 0. The second-order valence-corrected chi connectivity index (χ2v) is 8.92. The molecule has 2 aromatic rings. The highest BCUT2D eigenvalue weighted by molar-refractivity contribution is 7.89. The topological polar surface area (TPSA) is 112 Å². The van der Waals surface area contributed by atoms with Crippen LogP contribution in [0.2, 0.25) is 0 Å². The lowest BCUT2D eigenvalue weighted by Crippen LogP contribution is -2.50. The fourth-order valence-corrected chi connectivity index (χ4v) is 4.38. The molecule has 1 heterocycles. The number of likely N-dealkylation sites (N-methyl/N-ethyl adjacent to an activating group) is 1. The molecular formula is C21H24N2O8S. The maximum Gasteiger partial charge on any atom is 0.348 e. The second-order valence-electron chi connectivity index (χ2n) is 6.88. The number of carbonyl (C=O) groups excluding carboxylic acids is 2. The number of fused-ring (bicyclic) bond motifs is 1. The molecular weight excluding hydrogens is 440 g/mol. The average molecular weight is 464 g/mol. The van der Waals surface area contributed by atoms with Crippen LogP contribution in [0.15, 0.2) is 47.4 Å². The first-order valence-corrected chi connectivity index (χ1v) is 11.0. The Bertz CT molecular complexity index is 1120. The van der Waals surface area contributed by atoms with E-state index in [0.29, 0.717) is 17.2 Å². The third kappa shape index (κ3) is 4.48. The summed E-state index contributed by atoms with van der Waals surface area (Å²) < 4.78 is 47.7. The van der Waals surface area contributed by atoms with Gasteiger partial charge in [-0.05, 0) is 24.3 Å². The van der Waals surface area contributed by atoms with Crippen LogP contribution < -0.4 is 19.1 Å². The van der Waals surface area contributed by atoms with Gasteiger partial charge in [-0.3, -0.25) is 4.79 Å². The maximum absolute atomic E-state index is 13.1. The Morgan fingerprint density at radius 2 is 1.78 bits per heavy atom. The van der Waals surface area contributed by atoms with E-state index in [4.69, 9.17) is 18.9 Å². The van der Waals surface area contributed by atoms with Crippen LogP contribution in [-0.4, -0.2) is 72.2 Å². The van der Waals surface area contributed by atoms with Gasteiger partial charge in [-0.1, -0.05) is 12.1 Å². The first-order chi connectivity index (χ1) is 15.2. The highest BCUT2D eigenvalue weighted by atomic mass is 32.2. The number of amides is 1. The lowest BCUT2D eigenvalue weighted by atomic mass is 10.2. The normalized spacial score (nSPS) is 15.5. The number of esters is 1. The molecule has 0 aliphatic carbocycles. The summed E-state index contributed by atoms with van der Waals surface area (Å²) in [5, 5.41) is 0. The van der Waals surface area contributed by atoms with Crippen molar-refractivity contribution in [2.24, 2.45) is 0 Å². The van der Waals surface area contributed by atoms with Crippen molar-refractivity contribution in [2.45, 2.75) is 11.0 Å². The minimum atomic E-state index is -4.01. The second kappa shape index (κ2) is 9.45. The van der Waals surface area contributed by atoms with Crippen LogP contribution >= 0.6 is 0 Å². The SMILES string of the molecule is COC(=O)[C@H]1CN(C(=O)CN(C)S(=O)(=O)c2ccc(OC)c(OC)c2)c2ccccc2O1. The fraction of sp³-hybridized carbons (Fsp3) is 0.333. The van der Waals surface area contributed by atoms with Gasteiger partial charge in [-0.15, -0.1) is 0 Å². The van der Waals surface area contributed by atoms with Gasteiger partial charge in [0.1, 0.15) is 5.75 Å². The first kappa shape index (κ1) is 23.4. The molecule has 0 unspecified atom stereocenters. The number of benzene rings is 2. The molecule has 0 saturated carbocycles. The molecule has 0 spiro atoms.